The number of ether oxygens (including phenoxy) is 1. The molecule has 1 heterocycles. The van der Waals surface area contributed by atoms with Gasteiger partial charge in [0.05, 0.1) is 7.11 Å². The Morgan fingerprint density at radius 2 is 1.78 bits per heavy atom. The highest BCUT2D eigenvalue weighted by Crippen LogP contribution is 2.23. The van der Waals surface area contributed by atoms with Crippen molar-refractivity contribution in [3.8, 4) is 5.75 Å². The molecular formula is C19H22N2O2. The van der Waals surface area contributed by atoms with E-state index in [-0.39, 0.29) is 5.91 Å². The highest BCUT2D eigenvalue weighted by molar-refractivity contribution is 6.04. The van der Waals surface area contributed by atoms with Gasteiger partial charge >= 0.3 is 0 Å². The molecule has 2 aromatic rings. The maximum absolute atomic E-state index is 12.4. The molecule has 0 aliphatic carbocycles. The van der Waals surface area contributed by atoms with Crippen LogP contribution in [0.1, 0.15) is 28.8 Å². The van der Waals surface area contributed by atoms with Gasteiger partial charge in [0.2, 0.25) is 0 Å². The second-order valence-electron chi connectivity index (χ2n) is 5.88. The molecule has 1 fully saturated rings. The van der Waals surface area contributed by atoms with E-state index in [0.717, 1.165) is 30.1 Å². The normalized spacial score (nSPS) is 13.9. The van der Waals surface area contributed by atoms with Crippen molar-refractivity contribution in [1.82, 2.24) is 0 Å². The summed E-state index contributed by atoms with van der Waals surface area (Å²) < 4.78 is 5.27. The second-order valence-corrected chi connectivity index (χ2v) is 5.88. The Morgan fingerprint density at radius 1 is 1.09 bits per heavy atom. The zero-order valence-electron chi connectivity index (χ0n) is 13.6. The average molecular weight is 310 g/mol. The number of nitrogens with zero attached hydrogens (tertiary/aromatic N) is 1. The zero-order valence-corrected chi connectivity index (χ0v) is 13.6. The Bertz CT molecular complexity index is 689. The van der Waals surface area contributed by atoms with Crippen LogP contribution in [0.3, 0.4) is 0 Å². The average Bonchev–Trinajstić information content (AvgIpc) is 3.10. The van der Waals surface area contributed by atoms with Crippen molar-refractivity contribution in [1.29, 1.82) is 0 Å². The number of methoxy groups -OCH3 is 1. The van der Waals surface area contributed by atoms with Gasteiger partial charge in [0.1, 0.15) is 5.75 Å². The molecule has 0 bridgehead atoms. The molecule has 0 atom stereocenters. The molecule has 0 aromatic heterocycles. The van der Waals surface area contributed by atoms with E-state index in [9.17, 15) is 4.79 Å². The number of rotatable bonds is 4. The van der Waals surface area contributed by atoms with Crippen LogP contribution in [-0.4, -0.2) is 26.1 Å². The predicted octanol–water partition coefficient (Wildman–Crippen LogP) is 3.86. The molecule has 1 saturated heterocycles. The maximum atomic E-state index is 12.4. The Kier molecular flexibility index (Phi) is 4.51. The molecule has 2 aromatic carbocycles. The fourth-order valence-electron chi connectivity index (χ4n) is 2.90. The summed E-state index contributed by atoms with van der Waals surface area (Å²) in [4.78, 5) is 14.7. The van der Waals surface area contributed by atoms with Crippen molar-refractivity contribution in [2.45, 2.75) is 19.8 Å². The van der Waals surface area contributed by atoms with Gasteiger partial charge in [-0.2, -0.15) is 0 Å². The van der Waals surface area contributed by atoms with E-state index in [0.29, 0.717) is 5.56 Å². The van der Waals surface area contributed by atoms with E-state index in [1.807, 2.05) is 31.2 Å². The van der Waals surface area contributed by atoms with E-state index in [2.05, 4.69) is 22.3 Å². The van der Waals surface area contributed by atoms with Gasteiger partial charge in [-0.1, -0.05) is 6.07 Å². The van der Waals surface area contributed by atoms with Gasteiger partial charge in [0.15, 0.2) is 0 Å². The van der Waals surface area contributed by atoms with Gasteiger partial charge < -0.3 is 15.0 Å². The molecule has 1 aliphatic heterocycles. The van der Waals surface area contributed by atoms with Crippen LogP contribution in [0.2, 0.25) is 0 Å². The lowest BCUT2D eigenvalue weighted by Crippen LogP contribution is -2.17. The van der Waals surface area contributed by atoms with E-state index in [1.54, 1.807) is 13.2 Å². The Labute approximate surface area is 137 Å². The number of amides is 1. The van der Waals surface area contributed by atoms with Crippen LogP contribution in [0, 0.1) is 6.92 Å². The Balaban J connectivity index is 1.70. The largest absolute Gasteiger partial charge is 0.496 e. The third kappa shape index (κ3) is 3.47. The molecule has 1 N–H and O–H groups in total. The molecular weight excluding hydrogens is 288 g/mol. The van der Waals surface area contributed by atoms with Gasteiger partial charge in [0, 0.05) is 30.0 Å². The fraction of sp³-hybridized carbons (Fsp3) is 0.316. The third-order valence-electron chi connectivity index (χ3n) is 4.27. The summed E-state index contributed by atoms with van der Waals surface area (Å²) in [5.41, 5.74) is 3.63. The minimum Gasteiger partial charge on any atom is -0.496 e. The quantitative estimate of drug-likeness (QED) is 0.932. The van der Waals surface area contributed by atoms with Crippen molar-refractivity contribution in [3.05, 3.63) is 53.6 Å². The first-order valence-corrected chi connectivity index (χ1v) is 7.98. The van der Waals surface area contributed by atoms with E-state index < -0.39 is 0 Å². The molecule has 120 valence electrons. The maximum Gasteiger partial charge on any atom is 0.255 e. The predicted molar refractivity (Wildman–Crippen MR) is 93.6 cm³/mol. The minimum absolute atomic E-state index is 0.128. The summed E-state index contributed by atoms with van der Waals surface area (Å²) in [6, 6.07) is 13.5. The van der Waals surface area contributed by atoms with E-state index >= 15 is 0 Å². The van der Waals surface area contributed by atoms with Gasteiger partial charge in [-0.25, -0.2) is 0 Å². The van der Waals surface area contributed by atoms with Crippen molar-refractivity contribution in [2.24, 2.45) is 0 Å². The van der Waals surface area contributed by atoms with E-state index in [1.165, 1.54) is 18.5 Å². The van der Waals surface area contributed by atoms with Crippen LogP contribution in [0.15, 0.2) is 42.5 Å². The summed E-state index contributed by atoms with van der Waals surface area (Å²) >= 11 is 0. The summed E-state index contributed by atoms with van der Waals surface area (Å²) in [5.74, 6) is 0.597. The number of carbonyl (C=O) groups is 1. The highest BCUT2D eigenvalue weighted by atomic mass is 16.5. The summed E-state index contributed by atoms with van der Waals surface area (Å²) in [5, 5.41) is 2.93. The van der Waals surface area contributed by atoms with Crippen molar-refractivity contribution in [3.63, 3.8) is 0 Å². The van der Waals surface area contributed by atoms with Crippen molar-refractivity contribution in [2.75, 3.05) is 30.4 Å². The number of nitrogens with one attached hydrogen (secondary N) is 1. The lowest BCUT2D eigenvalue weighted by atomic mass is 10.1. The number of hydrogen-bond acceptors (Lipinski definition) is 3. The van der Waals surface area contributed by atoms with E-state index in [4.69, 9.17) is 4.74 Å². The number of aryl methyl sites for hydroxylation is 1. The number of anilines is 2. The Hall–Kier alpha value is -2.49. The van der Waals surface area contributed by atoms with Gasteiger partial charge in [0.25, 0.3) is 5.91 Å². The van der Waals surface area contributed by atoms with Crippen molar-refractivity contribution < 1.29 is 9.53 Å². The monoisotopic (exact) mass is 310 g/mol. The molecule has 0 radical (unpaired) electrons. The minimum atomic E-state index is -0.128. The molecule has 23 heavy (non-hydrogen) atoms. The summed E-state index contributed by atoms with van der Waals surface area (Å²) in [7, 11) is 1.61. The van der Waals surface area contributed by atoms with Crippen LogP contribution < -0.4 is 15.0 Å². The molecule has 4 heteroatoms. The van der Waals surface area contributed by atoms with Gasteiger partial charge in [-0.15, -0.1) is 0 Å². The summed E-state index contributed by atoms with van der Waals surface area (Å²) in [6.07, 6.45) is 2.52. The number of hydrogen-bond donors (Lipinski definition) is 1. The standard InChI is InChI=1S/C19H22N2O2/c1-14-5-6-15(13-18(14)23-2)19(22)20-16-7-9-17(10-8-16)21-11-3-4-12-21/h5-10,13H,3-4,11-12H2,1-2H3,(H,20,22). The third-order valence-corrected chi connectivity index (χ3v) is 4.27. The van der Waals surface area contributed by atoms with Crippen LogP contribution >= 0.6 is 0 Å². The van der Waals surface area contributed by atoms with Crippen LogP contribution in [0.5, 0.6) is 5.75 Å². The molecule has 0 unspecified atom stereocenters. The van der Waals surface area contributed by atoms with Gasteiger partial charge in [-0.05, 0) is 61.7 Å². The summed E-state index contributed by atoms with van der Waals surface area (Å²) in [6.45, 7) is 4.20. The molecule has 4 nitrogen and oxygen atoms in total. The lowest BCUT2D eigenvalue weighted by molar-refractivity contribution is 0.102. The molecule has 1 amide bonds. The molecule has 0 spiro atoms. The topological polar surface area (TPSA) is 41.6 Å². The SMILES string of the molecule is COc1cc(C(=O)Nc2ccc(N3CCCC3)cc2)ccc1C. The smallest absolute Gasteiger partial charge is 0.255 e. The first-order valence-electron chi connectivity index (χ1n) is 7.98. The van der Waals surface area contributed by atoms with Crippen LogP contribution in [0.4, 0.5) is 11.4 Å². The fourth-order valence-corrected chi connectivity index (χ4v) is 2.90. The zero-order chi connectivity index (χ0) is 16.2. The Morgan fingerprint density at radius 3 is 2.43 bits per heavy atom. The van der Waals surface area contributed by atoms with Crippen LogP contribution in [0.25, 0.3) is 0 Å². The molecule has 3 rings (SSSR count). The number of carbonyl (C=O) groups excluding carboxylic acids is 1. The first-order chi connectivity index (χ1) is 11.2. The second kappa shape index (κ2) is 6.73. The highest BCUT2D eigenvalue weighted by Gasteiger charge is 2.13. The van der Waals surface area contributed by atoms with Crippen LogP contribution in [-0.2, 0) is 0 Å². The first kappa shape index (κ1) is 15.4. The number of benzene rings is 2. The van der Waals surface area contributed by atoms with Gasteiger partial charge in [-0.3, -0.25) is 4.79 Å². The lowest BCUT2D eigenvalue weighted by Gasteiger charge is -2.17. The van der Waals surface area contributed by atoms with Crippen molar-refractivity contribution >= 4 is 17.3 Å². The molecule has 1 aliphatic rings. The molecule has 0 saturated carbocycles.